The monoisotopic (exact) mass is 772 g/mol. The molecule has 2 aromatic rings. The van der Waals surface area contributed by atoms with Crippen LogP contribution in [0, 0.1) is 17.8 Å². The van der Waals surface area contributed by atoms with Crippen LogP contribution in [0.5, 0.6) is 5.88 Å². The Morgan fingerprint density at radius 3 is 2.55 bits per heavy atom. The number of allylic oxidation sites excluding steroid dienone is 1. The van der Waals surface area contributed by atoms with Gasteiger partial charge in [-0.3, -0.25) is 19.1 Å². The molecule has 2 aliphatic heterocycles. The summed E-state index contributed by atoms with van der Waals surface area (Å²) in [6.07, 6.45) is 6.72. The Morgan fingerprint density at radius 1 is 1.11 bits per heavy atom. The summed E-state index contributed by atoms with van der Waals surface area (Å²) in [5, 5.41) is 6.62. The number of para-hydroxylation sites is 1. The molecule has 6 rings (SSSR count). The van der Waals surface area contributed by atoms with Crippen LogP contribution in [0.4, 0.5) is 4.79 Å². The molecule has 1 aromatic heterocycles. The molecule has 3 fully saturated rings. The number of alkyl carbamates (subject to hydrolysis) is 1. The average Bonchev–Trinajstić information content (AvgIpc) is 3.95. The van der Waals surface area contributed by atoms with Crippen LogP contribution >= 0.6 is 11.6 Å². The van der Waals surface area contributed by atoms with Crippen molar-refractivity contribution >= 4 is 56.3 Å². The van der Waals surface area contributed by atoms with Crippen molar-refractivity contribution in [3.63, 3.8) is 0 Å². The van der Waals surface area contributed by atoms with Crippen LogP contribution in [0.25, 0.3) is 10.9 Å². The van der Waals surface area contributed by atoms with Crippen LogP contribution in [0.15, 0.2) is 36.7 Å². The fraction of sp³-hybridized carbons (Fsp3) is 0.622. The minimum atomic E-state index is -4.00. The molecule has 4 amide bonds. The summed E-state index contributed by atoms with van der Waals surface area (Å²) in [4.78, 5) is 66.1. The van der Waals surface area contributed by atoms with Gasteiger partial charge in [0.2, 0.25) is 27.7 Å². The molecule has 2 saturated carbocycles. The number of amides is 4. The fourth-order valence-electron chi connectivity index (χ4n) is 7.31. The van der Waals surface area contributed by atoms with Crippen molar-refractivity contribution in [3.8, 4) is 5.88 Å². The Bertz CT molecular complexity index is 1930. The number of carbonyl (C=O) groups excluding carboxylic acids is 4. The molecule has 3 heterocycles. The topological polar surface area (TPSA) is 186 Å². The largest absolute Gasteiger partial charge is 0.472 e. The van der Waals surface area contributed by atoms with Crippen LogP contribution in [0.3, 0.4) is 0 Å². The molecule has 0 unspecified atom stereocenters. The number of rotatable bonds is 6. The van der Waals surface area contributed by atoms with Gasteiger partial charge in [0.15, 0.2) is 0 Å². The maximum atomic E-state index is 14.7. The molecule has 7 atom stereocenters. The Balaban J connectivity index is 1.35. The highest BCUT2D eigenvalue weighted by Crippen LogP contribution is 2.47. The van der Waals surface area contributed by atoms with Crippen molar-refractivity contribution in [2.45, 2.75) is 121 Å². The van der Waals surface area contributed by atoms with Gasteiger partial charge in [-0.05, 0) is 90.2 Å². The van der Waals surface area contributed by atoms with Gasteiger partial charge in [-0.25, -0.2) is 23.2 Å². The molecule has 53 heavy (non-hydrogen) atoms. The first-order chi connectivity index (χ1) is 24.8. The molecule has 3 N–H and O–H groups in total. The molecule has 4 aliphatic rings. The van der Waals surface area contributed by atoms with Crippen molar-refractivity contribution in [1.82, 2.24) is 30.2 Å². The summed E-state index contributed by atoms with van der Waals surface area (Å²) in [5.74, 6) is -2.41. The van der Waals surface area contributed by atoms with E-state index < -0.39 is 73.8 Å². The summed E-state index contributed by atoms with van der Waals surface area (Å²) in [5.41, 5.74) is -1.89. The number of ether oxygens (including phenoxy) is 2. The van der Waals surface area contributed by atoms with E-state index in [-0.39, 0.29) is 37.1 Å². The maximum Gasteiger partial charge on any atom is 0.408 e. The molecule has 14 nitrogen and oxygen atoms in total. The number of aromatic nitrogens is 2. The van der Waals surface area contributed by atoms with Gasteiger partial charge in [0, 0.05) is 12.3 Å². The standard InChI is InChI=1S/C37H49ClN6O8S/c1-21-10-7-8-11-23-18-37(23,33(47)43-53(49,50)36(6)14-15-36)42-30(45)27-17-24(51-31-25-12-9-13-26(38)29(25)39-20-40-31)19-44(27)32(46)28(22(2)16-21)41-34(48)52-35(3,4)5/h8-9,11-13,20-24,27-28H,7,10,14-19H2,1-6H3,(H,41,48)(H,42,45)(H,43,47)/t21-,22-,23-,24-,27+,28+,37-/m1/s1. The number of halogens is 1. The lowest BCUT2D eigenvalue weighted by Crippen LogP contribution is -2.59. The fourth-order valence-corrected chi connectivity index (χ4v) is 8.85. The van der Waals surface area contributed by atoms with E-state index in [4.69, 9.17) is 21.1 Å². The van der Waals surface area contributed by atoms with Crippen LogP contribution < -0.4 is 20.1 Å². The first kappa shape index (κ1) is 38.7. The number of nitrogens with one attached hydrogen (secondary N) is 3. The average molecular weight is 773 g/mol. The Morgan fingerprint density at radius 2 is 1.85 bits per heavy atom. The minimum Gasteiger partial charge on any atom is -0.472 e. The quantitative estimate of drug-likeness (QED) is 0.355. The molecule has 0 bridgehead atoms. The van der Waals surface area contributed by atoms with Gasteiger partial charge < -0.3 is 25.0 Å². The highest BCUT2D eigenvalue weighted by Gasteiger charge is 2.63. The zero-order chi connectivity index (χ0) is 38.5. The normalized spacial score (nSPS) is 30.2. The number of fused-ring (bicyclic) bond motifs is 3. The number of carbonyl (C=O) groups is 4. The van der Waals surface area contributed by atoms with E-state index in [9.17, 15) is 27.6 Å². The van der Waals surface area contributed by atoms with E-state index in [1.54, 1.807) is 45.9 Å². The molecular formula is C37H49ClN6O8S. The van der Waals surface area contributed by atoms with E-state index in [0.717, 1.165) is 6.42 Å². The van der Waals surface area contributed by atoms with Gasteiger partial charge in [-0.1, -0.05) is 43.7 Å². The number of benzene rings is 1. The summed E-state index contributed by atoms with van der Waals surface area (Å²) in [6.45, 7) is 10.7. The summed E-state index contributed by atoms with van der Waals surface area (Å²) in [6, 6.07) is 2.98. The van der Waals surface area contributed by atoms with E-state index in [0.29, 0.717) is 41.6 Å². The highest BCUT2D eigenvalue weighted by atomic mass is 35.5. The van der Waals surface area contributed by atoms with Gasteiger partial charge in [-0.15, -0.1) is 0 Å². The second-order valence-corrected chi connectivity index (χ2v) is 19.0. The molecule has 0 spiro atoms. The SMILES string of the molecule is C[C@@H]1CCC=C[C@@H]2C[C@@]2(C(=O)NS(=O)(=O)C2(C)CC2)NC(=O)[C@@H]2C[C@@H](Oc3ncnc4c(Cl)cccc34)CN2C(=O)[C@@H](NC(=O)OC(C)(C)C)[C@H](C)C1. The smallest absolute Gasteiger partial charge is 0.408 e. The van der Waals surface area contributed by atoms with Gasteiger partial charge in [0.25, 0.3) is 5.91 Å². The van der Waals surface area contributed by atoms with Crippen molar-refractivity contribution in [2.24, 2.45) is 17.8 Å². The lowest BCUT2D eigenvalue weighted by atomic mass is 9.88. The van der Waals surface area contributed by atoms with Crippen molar-refractivity contribution in [2.75, 3.05) is 6.54 Å². The highest BCUT2D eigenvalue weighted by molar-refractivity contribution is 7.91. The zero-order valence-electron chi connectivity index (χ0n) is 31.0. The zero-order valence-corrected chi connectivity index (χ0v) is 32.6. The molecule has 0 radical (unpaired) electrons. The third-order valence-corrected chi connectivity index (χ3v) is 13.2. The molecule has 1 saturated heterocycles. The number of hydrogen-bond acceptors (Lipinski definition) is 10. The summed E-state index contributed by atoms with van der Waals surface area (Å²) in [7, 11) is -4.00. The summed E-state index contributed by atoms with van der Waals surface area (Å²) < 4.78 is 39.4. The van der Waals surface area contributed by atoms with Crippen molar-refractivity contribution < 1.29 is 37.1 Å². The van der Waals surface area contributed by atoms with E-state index in [2.05, 4.69) is 32.2 Å². The molecule has 2 aliphatic carbocycles. The number of nitrogens with zero attached hydrogens (tertiary/aromatic N) is 3. The lowest BCUT2D eigenvalue weighted by Gasteiger charge is -2.33. The third kappa shape index (κ3) is 8.25. The third-order valence-electron chi connectivity index (χ3n) is 10.8. The van der Waals surface area contributed by atoms with Crippen LogP contribution in [-0.2, 0) is 29.1 Å². The molecule has 1 aromatic carbocycles. The second-order valence-electron chi connectivity index (χ2n) is 16.4. The van der Waals surface area contributed by atoms with Gasteiger partial charge >= 0.3 is 6.09 Å². The molecular weight excluding hydrogens is 724 g/mol. The number of hydrogen-bond donors (Lipinski definition) is 3. The van der Waals surface area contributed by atoms with Crippen molar-refractivity contribution in [3.05, 3.63) is 41.7 Å². The van der Waals surface area contributed by atoms with Crippen LogP contribution in [-0.4, -0.2) is 87.7 Å². The van der Waals surface area contributed by atoms with Gasteiger partial charge in [0.05, 0.1) is 27.2 Å². The van der Waals surface area contributed by atoms with Crippen LogP contribution in [0.1, 0.15) is 86.5 Å². The van der Waals surface area contributed by atoms with E-state index in [1.165, 1.54) is 11.2 Å². The van der Waals surface area contributed by atoms with Gasteiger partial charge in [-0.2, -0.15) is 0 Å². The van der Waals surface area contributed by atoms with E-state index in [1.807, 2.05) is 19.1 Å². The predicted molar refractivity (Wildman–Crippen MR) is 197 cm³/mol. The second kappa shape index (κ2) is 14.3. The Labute approximate surface area is 315 Å². The Kier molecular flexibility index (Phi) is 10.5. The van der Waals surface area contributed by atoms with Gasteiger partial charge in [0.1, 0.15) is 35.7 Å². The van der Waals surface area contributed by atoms with Crippen LogP contribution in [0.2, 0.25) is 5.02 Å². The molecule has 288 valence electrons. The Hall–Kier alpha value is -3.98. The predicted octanol–water partition coefficient (Wildman–Crippen LogP) is 4.41. The first-order valence-electron chi connectivity index (χ1n) is 18.2. The first-order valence-corrected chi connectivity index (χ1v) is 20.1. The van der Waals surface area contributed by atoms with E-state index >= 15 is 0 Å². The maximum absolute atomic E-state index is 14.7. The minimum absolute atomic E-state index is 0.0160. The van der Waals surface area contributed by atoms with Crippen molar-refractivity contribution in [1.29, 1.82) is 0 Å². The summed E-state index contributed by atoms with van der Waals surface area (Å²) >= 11 is 6.39. The lowest BCUT2D eigenvalue weighted by molar-refractivity contribution is -0.142. The number of sulfonamides is 1. The molecule has 16 heteroatoms.